The molecule has 2 N–H and O–H groups in total. The van der Waals surface area contributed by atoms with Crippen LogP contribution in [0.5, 0.6) is 0 Å². The van der Waals surface area contributed by atoms with E-state index in [0.29, 0.717) is 5.56 Å². The zero-order valence-electron chi connectivity index (χ0n) is 11.9. The lowest BCUT2D eigenvalue weighted by Crippen LogP contribution is -2.10. The maximum atomic E-state index is 12.3. The summed E-state index contributed by atoms with van der Waals surface area (Å²) >= 11 is 1.59. The van der Waals surface area contributed by atoms with Crippen molar-refractivity contribution in [3.63, 3.8) is 0 Å². The number of pyridine rings is 1. The molecule has 0 spiro atoms. The van der Waals surface area contributed by atoms with Crippen LogP contribution >= 0.6 is 11.3 Å². The van der Waals surface area contributed by atoms with Crippen LogP contribution < -0.4 is 5.56 Å². The third-order valence-corrected chi connectivity index (χ3v) is 4.44. The van der Waals surface area contributed by atoms with E-state index in [4.69, 9.17) is 0 Å². The third kappa shape index (κ3) is 2.47. The van der Waals surface area contributed by atoms with Gasteiger partial charge >= 0.3 is 0 Å². The first-order valence-corrected chi connectivity index (χ1v) is 7.81. The number of benzene rings is 1. The lowest BCUT2D eigenvalue weighted by atomic mass is 10.1. The van der Waals surface area contributed by atoms with Crippen LogP contribution in [-0.4, -0.2) is 25.6 Å². The van der Waals surface area contributed by atoms with E-state index in [1.165, 1.54) is 0 Å². The number of H-pyrrole nitrogens is 2. The molecule has 7 heteroatoms. The predicted molar refractivity (Wildman–Crippen MR) is 89.0 cm³/mol. The molecular formula is C16H11N5OS. The molecule has 0 bridgehead atoms. The summed E-state index contributed by atoms with van der Waals surface area (Å²) in [4.78, 5) is 16.2. The summed E-state index contributed by atoms with van der Waals surface area (Å²) < 4.78 is 0. The highest BCUT2D eigenvalue weighted by molar-refractivity contribution is 7.14. The van der Waals surface area contributed by atoms with E-state index in [1.54, 1.807) is 17.4 Å². The summed E-state index contributed by atoms with van der Waals surface area (Å²) in [6, 6.07) is 15.7. The topological polar surface area (TPSA) is 87.3 Å². The molecule has 0 fully saturated rings. The van der Waals surface area contributed by atoms with E-state index in [0.717, 1.165) is 21.7 Å². The second kappa shape index (κ2) is 5.62. The lowest BCUT2D eigenvalue weighted by molar-refractivity contribution is 0.881. The number of aromatic nitrogens is 5. The van der Waals surface area contributed by atoms with Crippen molar-refractivity contribution in [2.24, 2.45) is 0 Å². The van der Waals surface area contributed by atoms with E-state index in [9.17, 15) is 4.79 Å². The fraction of sp³-hybridized carbons (Fsp3) is 0. The number of nitrogens with one attached hydrogen (secondary N) is 2. The smallest absolute Gasteiger partial charge is 0.259 e. The van der Waals surface area contributed by atoms with Crippen molar-refractivity contribution in [1.29, 1.82) is 0 Å². The first-order chi connectivity index (χ1) is 11.3. The van der Waals surface area contributed by atoms with Gasteiger partial charge in [0, 0.05) is 5.56 Å². The third-order valence-electron chi connectivity index (χ3n) is 3.49. The number of thiophene rings is 1. The first-order valence-electron chi connectivity index (χ1n) is 6.93. The van der Waals surface area contributed by atoms with Crippen molar-refractivity contribution in [2.45, 2.75) is 0 Å². The normalized spacial score (nSPS) is 10.8. The summed E-state index contributed by atoms with van der Waals surface area (Å²) in [5, 5.41) is 15.5. The van der Waals surface area contributed by atoms with E-state index >= 15 is 0 Å². The average molecular weight is 321 g/mol. The standard InChI is InChI=1S/C16H11N5OS/c22-16-12(15-18-20-21-19-15)6-7-13(17-16)14-11(8-9-23-14)10-4-2-1-3-5-10/h1-9H,(H,17,22)(H,18,19,20,21). The highest BCUT2D eigenvalue weighted by Crippen LogP contribution is 2.35. The molecule has 0 atom stereocenters. The minimum Gasteiger partial charge on any atom is -0.321 e. The maximum absolute atomic E-state index is 12.3. The Bertz CT molecular complexity index is 989. The van der Waals surface area contributed by atoms with Gasteiger partial charge < -0.3 is 4.98 Å². The Morgan fingerprint density at radius 1 is 0.957 bits per heavy atom. The van der Waals surface area contributed by atoms with Gasteiger partial charge in [0.2, 0.25) is 5.82 Å². The van der Waals surface area contributed by atoms with E-state index in [2.05, 4.69) is 43.8 Å². The lowest BCUT2D eigenvalue weighted by Gasteiger charge is -2.05. The highest BCUT2D eigenvalue weighted by Gasteiger charge is 2.13. The molecular weight excluding hydrogens is 310 g/mol. The summed E-state index contributed by atoms with van der Waals surface area (Å²) in [6.07, 6.45) is 0. The zero-order chi connectivity index (χ0) is 15.6. The predicted octanol–water partition coefficient (Wildman–Crippen LogP) is 2.95. The number of hydrogen-bond donors (Lipinski definition) is 2. The molecule has 6 nitrogen and oxygen atoms in total. The van der Waals surface area contributed by atoms with Gasteiger partial charge in [-0.1, -0.05) is 30.3 Å². The minimum absolute atomic E-state index is 0.240. The Kier molecular flexibility index (Phi) is 3.32. The molecule has 4 aromatic rings. The number of hydrogen-bond acceptors (Lipinski definition) is 5. The molecule has 3 aromatic heterocycles. The summed E-state index contributed by atoms with van der Waals surface area (Å²) in [6.45, 7) is 0. The van der Waals surface area contributed by atoms with Gasteiger partial charge in [-0.3, -0.25) is 4.79 Å². The number of nitrogens with zero attached hydrogens (tertiary/aromatic N) is 3. The van der Waals surface area contributed by atoms with Gasteiger partial charge in [-0.2, -0.15) is 5.21 Å². The fourth-order valence-electron chi connectivity index (χ4n) is 2.42. The second-order valence-electron chi connectivity index (χ2n) is 4.88. The molecule has 112 valence electrons. The van der Waals surface area contributed by atoms with Crippen LogP contribution in [0.1, 0.15) is 0 Å². The largest absolute Gasteiger partial charge is 0.321 e. The Balaban J connectivity index is 1.80. The van der Waals surface area contributed by atoms with Crippen molar-refractivity contribution < 1.29 is 0 Å². The van der Waals surface area contributed by atoms with Gasteiger partial charge in [0.05, 0.1) is 16.1 Å². The van der Waals surface area contributed by atoms with E-state index in [-0.39, 0.29) is 11.4 Å². The summed E-state index contributed by atoms with van der Waals surface area (Å²) in [5.74, 6) is 0.285. The molecule has 4 rings (SSSR count). The fourth-order valence-corrected chi connectivity index (χ4v) is 3.32. The van der Waals surface area contributed by atoms with E-state index in [1.807, 2.05) is 29.6 Å². The molecule has 0 radical (unpaired) electrons. The van der Waals surface area contributed by atoms with Crippen LogP contribution in [0.15, 0.2) is 58.7 Å². The molecule has 0 aliphatic rings. The van der Waals surface area contributed by atoms with Gasteiger partial charge in [0.25, 0.3) is 5.56 Å². The van der Waals surface area contributed by atoms with Gasteiger partial charge in [-0.05, 0) is 34.4 Å². The molecule has 0 saturated carbocycles. The van der Waals surface area contributed by atoms with Gasteiger partial charge in [-0.25, -0.2) is 0 Å². The van der Waals surface area contributed by atoms with Crippen LogP contribution in [0.2, 0.25) is 0 Å². The van der Waals surface area contributed by atoms with Crippen molar-refractivity contribution in [1.82, 2.24) is 25.6 Å². The van der Waals surface area contributed by atoms with Gasteiger partial charge in [0.1, 0.15) is 0 Å². The van der Waals surface area contributed by atoms with E-state index < -0.39 is 0 Å². The second-order valence-corrected chi connectivity index (χ2v) is 5.80. The Morgan fingerprint density at radius 3 is 2.57 bits per heavy atom. The van der Waals surface area contributed by atoms with Crippen LogP contribution in [0.3, 0.4) is 0 Å². The van der Waals surface area contributed by atoms with Crippen molar-refractivity contribution >= 4 is 11.3 Å². The SMILES string of the molecule is O=c1[nH]c(-c2sccc2-c2ccccc2)ccc1-c1nn[nH]n1. The number of rotatable bonds is 3. The summed E-state index contributed by atoms with van der Waals surface area (Å²) in [7, 11) is 0. The molecule has 1 aromatic carbocycles. The van der Waals surface area contributed by atoms with Crippen LogP contribution in [-0.2, 0) is 0 Å². The average Bonchev–Trinajstić information content (AvgIpc) is 3.27. The monoisotopic (exact) mass is 321 g/mol. The Hall–Kier alpha value is -3.06. The molecule has 0 aliphatic carbocycles. The van der Waals surface area contributed by atoms with Gasteiger partial charge in [0.15, 0.2) is 0 Å². The minimum atomic E-state index is -0.240. The molecule has 23 heavy (non-hydrogen) atoms. The first kappa shape index (κ1) is 13.6. The van der Waals surface area contributed by atoms with Crippen molar-refractivity contribution in [2.75, 3.05) is 0 Å². The Labute approximate surface area is 134 Å². The Morgan fingerprint density at radius 2 is 1.83 bits per heavy atom. The summed E-state index contributed by atoms with van der Waals surface area (Å²) in [5.41, 5.74) is 3.14. The number of aromatic amines is 2. The molecule has 0 aliphatic heterocycles. The molecule has 3 heterocycles. The van der Waals surface area contributed by atoms with Crippen LogP contribution in [0.25, 0.3) is 33.1 Å². The molecule has 0 unspecified atom stereocenters. The highest BCUT2D eigenvalue weighted by atomic mass is 32.1. The molecule has 0 saturated heterocycles. The van der Waals surface area contributed by atoms with Crippen LogP contribution in [0.4, 0.5) is 0 Å². The maximum Gasteiger partial charge on any atom is 0.259 e. The van der Waals surface area contributed by atoms with Crippen molar-refractivity contribution in [3.05, 3.63) is 64.3 Å². The quantitative estimate of drug-likeness (QED) is 0.607. The van der Waals surface area contributed by atoms with Gasteiger partial charge in [-0.15, -0.1) is 21.5 Å². The van der Waals surface area contributed by atoms with Crippen LogP contribution in [0, 0.1) is 0 Å². The number of tetrazole rings is 1. The molecule has 0 amide bonds. The zero-order valence-corrected chi connectivity index (χ0v) is 12.7. The van der Waals surface area contributed by atoms with Crippen molar-refractivity contribution in [3.8, 4) is 33.1 Å².